The predicted molar refractivity (Wildman–Crippen MR) is 136 cm³/mol. The first-order chi connectivity index (χ1) is 16.9. The average Bonchev–Trinajstić information content (AvgIpc) is 3.16. The first-order valence-corrected chi connectivity index (χ1v) is 11.3. The van der Waals surface area contributed by atoms with Crippen LogP contribution in [0.25, 0.3) is 11.0 Å². The van der Waals surface area contributed by atoms with E-state index in [1.807, 2.05) is 62.4 Å². The molecule has 0 saturated carbocycles. The molecule has 1 aliphatic heterocycles. The highest BCUT2D eigenvalue weighted by Gasteiger charge is 2.43. The minimum absolute atomic E-state index is 0.0607. The summed E-state index contributed by atoms with van der Waals surface area (Å²) < 4.78 is 17.1. The number of hydrogen-bond acceptors (Lipinski definition) is 5. The third-order valence-corrected chi connectivity index (χ3v) is 6.38. The Bertz CT molecular complexity index is 1520. The van der Waals surface area contributed by atoms with E-state index in [0.717, 1.165) is 16.7 Å². The SMILES string of the molecule is C=CCOc1ccc(C2c3c(oc4cc(C)c(C)cc4c3=O)C(=O)N2c2cccc(OC)c2)cc1. The Morgan fingerprint density at radius 2 is 1.74 bits per heavy atom. The highest BCUT2D eigenvalue weighted by atomic mass is 16.5. The number of amides is 1. The van der Waals surface area contributed by atoms with Crippen LogP contribution < -0.4 is 19.8 Å². The molecule has 35 heavy (non-hydrogen) atoms. The summed E-state index contributed by atoms with van der Waals surface area (Å²) >= 11 is 0. The van der Waals surface area contributed by atoms with Crippen molar-refractivity contribution >= 4 is 22.6 Å². The Balaban J connectivity index is 1.74. The summed E-state index contributed by atoms with van der Waals surface area (Å²) in [6, 6.07) is 17.6. The number of benzene rings is 3. The van der Waals surface area contributed by atoms with Crippen molar-refractivity contribution in [1.29, 1.82) is 0 Å². The van der Waals surface area contributed by atoms with Gasteiger partial charge in [0.25, 0.3) is 5.91 Å². The van der Waals surface area contributed by atoms with Crippen molar-refractivity contribution in [2.24, 2.45) is 0 Å². The molecule has 0 fully saturated rings. The number of carbonyl (C=O) groups is 1. The van der Waals surface area contributed by atoms with E-state index in [1.165, 1.54) is 0 Å². The molecule has 1 amide bonds. The fourth-order valence-electron chi connectivity index (χ4n) is 4.47. The van der Waals surface area contributed by atoms with E-state index in [1.54, 1.807) is 30.2 Å². The second-order valence-electron chi connectivity index (χ2n) is 8.55. The van der Waals surface area contributed by atoms with Gasteiger partial charge in [-0.1, -0.05) is 30.9 Å². The quantitative estimate of drug-likeness (QED) is 0.339. The zero-order valence-corrected chi connectivity index (χ0v) is 19.8. The Kier molecular flexibility index (Phi) is 5.65. The van der Waals surface area contributed by atoms with Crippen LogP contribution in [-0.4, -0.2) is 19.6 Å². The molecule has 0 saturated heterocycles. The van der Waals surface area contributed by atoms with Gasteiger partial charge in [0.2, 0.25) is 5.76 Å². The number of carbonyl (C=O) groups excluding carboxylic acids is 1. The molecule has 0 aliphatic carbocycles. The van der Waals surface area contributed by atoms with Crippen LogP contribution in [-0.2, 0) is 0 Å². The van der Waals surface area contributed by atoms with Crippen LogP contribution in [0.1, 0.15) is 38.9 Å². The van der Waals surface area contributed by atoms with Crippen LogP contribution >= 0.6 is 0 Å². The standard InChI is InChI=1S/C29H25NO5/c1-5-13-34-21-11-9-19(10-12-21)26-25-27(31)23-14-17(2)18(3)15-24(23)35-28(25)29(32)30(26)20-7-6-8-22(16-20)33-4/h5-12,14-16,26H,1,13H2,2-4H3. The van der Waals surface area contributed by atoms with Crippen LogP contribution in [0.4, 0.5) is 5.69 Å². The lowest BCUT2D eigenvalue weighted by atomic mass is 9.97. The number of ether oxygens (including phenoxy) is 2. The lowest BCUT2D eigenvalue weighted by Gasteiger charge is -2.25. The van der Waals surface area contributed by atoms with Crippen LogP contribution in [0.5, 0.6) is 11.5 Å². The third-order valence-electron chi connectivity index (χ3n) is 6.38. The van der Waals surface area contributed by atoms with E-state index < -0.39 is 6.04 Å². The normalized spacial score (nSPS) is 14.8. The molecular formula is C29H25NO5. The molecule has 0 spiro atoms. The number of aryl methyl sites for hydroxylation is 2. The topological polar surface area (TPSA) is 69.0 Å². The van der Waals surface area contributed by atoms with Crippen molar-refractivity contribution in [3.05, 3.63) is 112 Å². The molecule has 1 atom stereocenters. The zero-order valence-electron chi connectivity index (χ0n) is 19.8. The van der Waals surface area contributed by atoms with Crippen molar-refractivity contribution in [3.8, 4) is 11.5 Å². The maximum absolute atomic E-state index is 13.8. The second-order valence-corrected chi connectivity index (χ2v) is 8.55. The van der Waals surface area contributed by atoms with Crippen LogP contribution in [0.2, 0.25) is 0 Å². The first kappa shape index (κ1) is 22.5. The average molecular weight is 468 g/mol. The molecule has 0 radical (unpaired) electrons. The van der Waals surface area contributed by atoms with Gasteiger partial charge in [-0.15, -0.1) is 0 Å². The fraction of sp³-hybridized carbons (Fsp3) is 0.172. The summed E-state index contributed by atoms with van der Waals surface area (Å²) in [5.74, 6) is 0.963. The molecule has 6 nitrogen and oxygen atoms in total. The lowest BCUT2D eigenvalue weighted by molar-refractivity contribution is 0.0971. The number of rotatable bonds is 6. The van der Waals surface area contributed by atoms with Gasteiger partial charge < -0.3 is 13.9 Å². The number of hydrogen-bond donors (Lipinski definition) is 0. The van der Waals surface area contributed by atoms with E-state index in [0.29, 0.717) is 40.3 Å². The van der Waals surface area contributed by atoms with Gasteiger partial charge in [-0.2, -0.15) is 0 Å². The molecular weight excluding hydrogens is 442 g/mol. The van der Waals surface area contributed by atoms with Crippen molar-refractivity contribution in [3.63, 3.8) is 0 Å². The Morgan fingerprint density at radius 3 is 2.46 bits per heavy atom. The van der Waals surface area contributed by atoms with Crippen LogP contribution in [0.15, 0.2) is 82.5 Å². The van der Waals surface area contributed by atoms with E-state index in [9.17, 15) is 9.59 Å². The van der Waals surface area contributed by atoms with E-state index >= 15 is 0 Å². The van der Waals surface area contributed by atoms with Gasteiger partial charge in [0.05, 0.1) is 24.1 Å². The third kappa shape index (κ3) is 3.77. The van der Waals surface area contributed by atoms with Gasteiger partial charge in [0.1, 0.15) is 23.7 Å². The second kappa shape index (κ2) is 8.80. The zero-order chi connectivity index (χ0) is 24.7. The van der Waals surface area contributed by atoms with E-state index in [-0.39, 0.29) is 17.1 Å². The fourth-order valence-corrected chi connectivity index (χ4v) is 4.47. The molecule has 2 heterocycles. The minimum Gasteiger partial charge on any atom is -0.497 e. The smallest absolute Gasteiger partial charge is 0.295 e. The van der Waals surface area contributed by atoms with E-state index in [2.05, 4.69) is 6.58 Å². The Labute approximate surface area is 203 Å². The summed E-state index contributed by atoms with van der Waals surface area (Å²) in [6.07, 6.45) is 1.67. The molecule has 6 heteroatoms. The summed E-state index contributed by atoms with van der Waals surface area (Å²) in [5, 5.41) is 0.461. The van der Waals surface area contributed by atoms with Crippen molar-refractivity contribution in [2.45, 2.75) is 19.9 Å². The molecule has 0 N–H and O–H groups in total. The molecule has 4 aromatic rings. The molecule has 1 aliphatic rings. The lowest BCUT2D eigenvalue weighted by Crippen LogP contribution is -2.29. The van der Waals surface area contributed by atoms with Gasteiger partial charge >= 0.3 is 0 Å². The van der Waals surface area contributed by atoms with Gasteiger partial charge in [-0.05, 0) is 66.9 Å². The molecule has 1 unspecified atom stereocenters. The molecule has 5 rings (SSSR count). The molecule has 3 aromatic carbocycles. The number of anilines is 1. The highest BCUT2D eigenvalue weighted by molar-refractivity contribution is 6.10. The number of methoxy groups -OCH3 is 1. The van der Waals surface area contributed by atoms with Gasteiger partial charge in [-0.3, -0.25) is 14.5 Å². The summed E-state index contributed by atoms with van der Waals surface area (Å²) in [5.41, 5.74) is 3.87. The Morgan fingerprint density at radius 1 is 1.00 bits per heavy atom. The number of fused-ring (bicyclic) bond motifs is 2. The monoisotopic (exact) mass is 467 g/mol. The maximum Gasteiger partial charge on any atom is 0.295 e. The summed E-state index contributed by atoms with van der Waals surface area (Å²) in [7, 11) is 1.57. The largest absolute Gasteiger partial charge is 0.497 e. The van der Waals surface area contributed by atoms with Crippen LogP contribution in [0.3, 0.4) is 0 Å². The Hall–Kier alpha value is -4.32. The summed E-state index contributed by atoms with van der Waals surface area (Å²) in [6.45, 7) is 7.95. The van der Waals surface area contributed by atoms with Gasteiger partial charge in [0.15, 0.2) is 5.43 Å². The molecule has 0 bridgehead atoms. The molecule has 176 valence electrons. The maximum atomic E-state index is 13.8. The first-order valence-electron chi connectivity index (χ1n) is 11.3. The molecule has 1 aromatic heterocycles. The van der Waals surface area contributed by atoms with Crippen LogP contribution in [0, 0.1) is 13.8 Å². The minimum atomic E-state index is -0.666. The highest BCUT2D eigenvalue weighted by Crippen LogP contribution is 2.42. The summed E-state index contributed by atoms with van der Waals surface area (Å²) in [4.78, 5) is 29.2. The van der Waals surface area contributed by atoms with Crippen molar-refractivity contribution < 1.29 is 18.7 Å². The predicted octanol–water partition coefficient (Wildman–Crippen LogP) is 5.73. The van der Waals surface area contributed by atoms with Crippen molar-refractivity contribution in [1.82, 2.24) is 0 Å². The van der Waals surface area contributed by atoms with Gasteiger partial charge in [-0.25, -0.2) is 0 Å². The van der Waals surface area contributed by atoms with Gasteiger partial charge in [0, 0.05) is 11.8 Å². The number of nitrogens with zero attached hydrogens (tertiary/aromatic N) is 1. The van der Waals surface area contributed by atoms with Crippen molar-refractivity contribution in [2.75, 3.05) is 18.6 Å². The van der Waals surface area contributed by atoms with E-state index in [4.69, 9.17) is 13.9 Å².